The van der Waals surface area contributed by atoms with Gasteiger partial charge in [0.25, 0.3) is 5.91 Å². The Morgan fingerprint density at radius 2 is 1.53 bits per heavy atom. The largest absolute Gasteiger partial charge is 0.493 e. The Bertz CT molecular complexity index is 1630. The zero-order chi connectivity index (χ0) is 31.8. The number of pyridine rings is 1. The first-order valence-electron chi connectivity index (χ1n) is 15.0. The van der Waals surface area contributed by atoms with Crippen molar-refractivity contribution in [3.8, 4) is 34.5 Å². The first-order chi connectivity index (χ1) is 21.9. The molecule has 1 aromatic heterocycles. The van der Waals surface area contributed by atoms with Crippen LogP contribution in [0.15, 0.2) is 66.9 Å². The quantitative estimate of drug-likeness (QED) is 0.174. The highest BCUT2D eigenvalue weighted by Gasteiger charge is 2.25. The normalized spacial score (nSPS) is 13.6. The fourth-order valence-electron chi connectivity index (χ4n) is 5.36. The molecule has 0 saturated heterocycles. The highest BCUT2D eigenvalue weighted by atomic mass is 16.5. The lowest BCUT2D eigenvalue weighted by Gasteiger charge is -2.19. The maximum atomic E-state index is 13.3. The van der Waals surface area contributed by atoms with E-state index in [1.54, 1.807) is 76.9 Å². The smallest absolute Gasteiger partial charge is 0.328 e. The number of methoxy groups -OCH3 is 3. The molecule has 4 aromatic rings. The number of benzene rings is 3. The van der Waals surface area contributed by atoms with Gasteiger partial charge in [-0.25, -0.2) is 4.79 Å². The summed E-state index contributed by atoms with van der Waals surface area (Å²) >= 11 is 0. The Balaban J connectivity index is 1.29. The van der Waals surface area contributed by atoms with Crippen LogP contribution >= 0.6 is 0 Å². The molecule has 1 saturated carbocycles. The van der Waals surface area contributed by atoms with E-state index in [4.69, 9.17) is 28.4 Å². The summed E-state index contributed by atoms with van der Waals surface area (Å²) in [5.41, 5.74) is 1.86. The van der Waals surface area contributed by atoms with Crippen molar-refractivity contribution in [2.75, 3.05) is 27.9 Å². The lowest BCUT2D eigenvalue weighted by atomic mass is 10.0. The van der Waals surface area contributed by atoms with Crippen molar-refractivity contribution < 1.29 is 38.0 Å². The molecule has 236 valence electrons. The molecule has 0 radical (unpaired) electrons. The molecule has 45 heavy (non-hydrogen) atoms. The van der Waals surface area contributed by atoms with Gasteiger partial charge in [-0.05, 0) is 80.6 Å². The topological polar surface area (TPSA) is 114 Å². The average molecular weight is 615 g/mol. The van der Waals surface area contributed by atoms with Crippen molar-refractivity contribution in [3.05, 3.63) is 78.0 Å². The molecule has 1 amide bonds. The minimum atomic E-state index is -0.906. The van der Waals surface area contributed by atoms with Gasteiger partial charge in [-0.3, -0.25) is 9.78 Å². The van der Waals surface area contributed by atoms with Crippen LogP contribution in [0.3, 0.4) is 0 Å². The molecule has 0 bridgehead atoms. The summed E-state index contributed by atoms with van der Waals surface area (Å²) in [5, 5.41) is 3.60. The monoisotopic (exact) mass is 614 g/mol. The Kier molecular flexibility index (Phi) is 10.2. The number of rotatable bonds is 13. The fraction of sp³-hybridized carbons (Fsp3) is 0.343. The van der Waals surface area contributed by atoms with Gasteiger partial charge in [0.1, 0.15) is 17.5 Å². The van der Waals surface area contributed by atoms with Crippen LogP contribution in [0.25, 0.3) is 10.9 Å². The first kappa shape index (κ1) is 31.4. The molecule has 1 atom stereocenters. The molecule has 3 aromatic carbocycles. The van der Waals surface area contributed by atoms with Gasteiger partial charge >= 0.3 is 5.97 Å². The van der Waals surface area contributed by atoms with Crippen molar-refractivity contribution in [3.63, 3.8) is 0 Å². The zero-order valence-electron chi connectivity index (χ0n) is 26.0. The number of aromatic nitrogens is 1. The number of nitrogens with zero attached hydrogens (tertiary/aromatic N) is 1. The third-order valence-corrected chi connectivity index (χ3v) is 7.70. The van der Waals surface area contributed by atoms with Gasteiger partial charge < -0.3 is 33.7 Å². The van der Waals surface area contributed by atoms with E-state index in [1.165, 1.54) is 0 Å². The SMILES string of the molecule is CCOC(=O)C(Cc1ccc(Oc2ccnc3cc(OC)c(OC)cc23)cc1)NC(=O)c1ccc(OC2CCCC2)c(OC)c1. The highest BCUT2D eigenvalue weighted by Crippen LogP contribution is 2.37. The Labute approximate surface area is 262 Å². The van der Waals surface area contributed by atoms with Gasteiger partial charge in [0.05, 0.1) is 39.6 Å². The van der Waals surface area contributed by atoms with Crippen LogP contribution in [0.4, 0.5) is 0 Å². The number of nitrogens with one attached hydrogen (secondary N) is 1. The summed E-state index contributed by atoms with van der Waals surface area (Å²) in [6.45, 7) is 1.92. The van der Waals surface area contributed by atoms with Crippen molar-refractivity contribution in [2.24, 2.45) is 0 Å². The average Bonchev–Trinajstić information content (AvgIpc) is 3.58. The number of carbonyl (C=O) groups excluding carboxylic acids is 2. The number of carbonyl (C=O) groups is 2. The van der Waals surface area contributed by atoms with Crippen LogP contribution in [-0.2, 0) is 16.0 Å². The molecule has 1 fully saturated rings. The lowest BCUT2D eigenvalue weighted by molar-refractivity contribution is -0.145. The molecule has 1 aliphatic rings. The minimum absolute atomic E-state index is 0.153. The number of amides is 1. The third-order valence-electron chi connectivity index (χ3n) is 7.70. The summed E-state index contributed by atoms with van der Waals surface area (Å²) < 4.78 is 33.9. The molecule has 10 heteroatoms. The van der Waals surface area contributed by atoms with E-state index < -0.39 is 17.9 Å². The van der Waals surface area contributed by atoms with E-state index in [9.17, 15) is 9.59 Å². The summed E-state index contributed by atoms with van der Waals surface area (Å²) in [6, 6.07) is 16.8. The van der Waals surface area contributed by atoms with Crippen molar-refractivity contribution in [1.82, 2.24) is 10.3 Å². The van der Waals surface area contributed by atoms with Crippen LogP contribution in [0, 0.1) is 0 Å². The van der Waals surface area contributed by atoms with E-state index >= 15 is 0 Å². The minimum Gasteiger partial charge on any atom is -0.493 e. The predicted molar refractivity (Wildman–Crippen MR) is 169 cm³/mol. The van der Waals surface area contributed by atoms with Crippen LogP contribution in [-0.4, -0.2) is 56.9 Å². The summed E-state index contributed by atoms with van der Waals surface area (Å²) in [5.74, 6) is 2.46. The van der Waals surface area contributed by atoms with Gasteiger partial charge in [-0.1, -0.05) is 12.1 Å². The Morgan fingerprint density at radius 1 is 0.844 bits per heavy atom. The molecular weight excluding hydrogens is 576 g/mol. The molecule has 1 unspecified atom stereocenters. The Morgan fingerprint density at radius 3 is 2.22 bits per heavy atom. The number of esters is 1. The van der Waals surface area contributed by atoms with Crippen LogP contribution in [0.2, 0.25) is 0 Å². The van der Waals surface area contributed by atoms with E-state index in [1.807, 2.05) is 18.2 Å². The van der Waals surface area contributed by atoms with Gasteiger partial charge in [-0.2, -0.15) is 0 Å². The lowest BCUT2D eigenvalue weighted by Crippen LogP contribution is -2.43. The molecule has 5 rings (SSSR count). The highest BCUT2D eigenvalue weighted by molar-refractivity contribution is 5.97. The van der Waals surface area contributed by atoms with Crippen LogP contribution in [0.1, 0.15) is 48.5 Å². The molecule has 0 aliphatic heterocycles. The number of ether oxygens (including phenoxy) is 6. The summed E-state index contributed by atoms with van der Waals surface area (Å²) in [4.78, 5) is 30.6. The van der Waals surface area contributed by atoms with E-state index in [2.05, 4.69) is 10.3 Å². The second kappa shape index (κ2) is 14.7. The van der Waals surface area contributed by atoms with Gasteiger partial charge in [0.2, 0.25) is 0 Å². The molecule has 10 nitrogen and oxygen atoms in total. The predicted octanol–water partition coefficient (Wildman–Crippen LogP) is 6.28. The van der Waals surface area contributed by atoms with Crippen molar-refractivity contribution in [1.29, 1.82) is 0 Å². The van der Waals surface area contributed by atoms with E-state index in [0.29, 0.717) is 45.6 Å². The van der Waals surface area contributed by atoms with Gasteiger partial charge in [0, 0.05) is 29.6 Å². The maximum Gasteiger partial charge on any atom is 0.328 e. The van der Waals surface area contributed by atoms with E-state index in [-0.39, 0.29) is 19.1 Å². The van der Waals surface area contributed by atoms with Crippen molar-refractivity contribution in [2.45, 2.75) is 51.2 Å². The maximum absolute atomic E-state index is 13.3. The number of hydrogen-bond acceptors (Lipinski definition) is 9. The van der Waals surface area contributed by atoms with Gasteiger partial charge in [-0.15, -0.1) is 0 Å². The second-order valence-corrected chi connectivity index (χ2v) is 10.7. The molecule has 0 spiro atoms. The Hall–Kier alpha value is -4.99. The standard InChI is InChI=1S/C35H38N2O8/c1-5-43-35(39)28(37-34(38)23-12-15-30(31(19-23)40-2)45-24-8-6-7-9-24)18-22-10-13-25(14-11-22)44-29-16-17-36-27-21-33(42-4)32(41-3)20-26(27)29/h10-17,19-21,24,28H,5-9,18H2,1-4H3,(H,37,38). The van der Waals surface area contributed by atoms with Crippen LogP contribution < -0.4 is 29.0 Å². The first-order valence-corrected chi connectivity index (χ1v) is 15.0. The number of fused-ring (bicyclic) bond motifs is 1. The zero-order valence-corrected chi connectivity index (χ0v) is 26.0. The third kappa shape index (κ3) is 7.57. The molecule has 1 heterocycles. The number of hydrogen-bond donors (Lipinski definition) is 1. The van der Waals surface area contributed by atoms with Crippen molar-refractivity contribution >= 4 is 22.8 Å². The van der Waals surface area contributed by atoms with Gasteiger partial charge in [0.15, 0.2) is 23.0 Å². The molecular formula is C35H38N2O8. The summed E-state index contributed by atoms with van der Waals surface area (Å²) in [6.07, 6.45) is 6.34. The second-order valence-electron chi connectivity index (χ2n) is 10.7. The summed E-state index contributed by atoms with van der Waals surface area (Å²) in [7, 11) is 4.69. The van der Waals surface area contributed by atoms with E-state index in [0.717, 1.165) is 36.6 Å². The fourth-order valence-corrected chi connectivity index (χ4v) is 5.36. The molecule has 1 N–H and O–H groups in total. The molecule has 1 aliphatic carbocycles. The van der Waals surface area contributed by atoms with Crippen LogP contribution in [0.5, 0.6) is 34.5 Å².